The van der Waals surface area contributed by atoms with Crippen molar-refractivity contribution in [2.45, 2.75) is 31.7 Å². The van der Waals surface area contributed by atoms with Crippen molar-refractivity contribution in [3.05, 3.63) is 0 Å². The first-order valence-electron chi connectivity index (χ1n) is 4.13. The van der Waals surface area contributed by atoms with E-state index in [2.05, 4.69) is 6.92 Å². The Morgan fingerprint density at radius 3 is 2.91 bits per heavy atom. The monoisotopic (exact) mass is 154 g/mol. The zero-order chi connectivity index (χ0) is 7.59. The van der Waals surface area contributed by atoms with Crippen molar-refractivity contribution in [2.24, 2.45) is 11.8 Å². The van der Waals surface area contributed by atoms with Crippen LogP contribution in [-0.2, 0) is 14.3 Å². The summed E-state index contributed by atoms with van der Waals surface area (Å²) < 4.78 is 10.7. The van der Waals surface area contributed by atoms with E-state index in [9.17, 15) is 4.79 Å². The highest BCUT2D eigenvalue weighted by Gasteiger charge is 2.61. The van der Waals surface area contributed by atoms with Crippen LogP contribution in [0.15, 0.2) is 0 Å². The van der Waals surface area contributed by atoms with Crippen molar-refractivity contribution in [3.63, 3.8) is 0 Å². The van der Waals surface area contributed by atoms with Gasteiger partial charge in [-0.05, 0) is 5.92 Å². The average Bonchev–Trinajstić information content (AvgIpc) is 2.47. The van der Waals surface area contributed by atoms with Crippen LogP contribution < -0.4 is 0 Å². The van der Waals surface area contributed by atoms with Gasteiger partial charge in [-0.3, -0.25) is 4.79 Å². The highest BCUT2D eigenvalue weighted by atomic mass is 16.6. The van der Waals surface area contributed by atoms with Crippen LogP contribution in [-0.4, -0.2) is 24.3 Å². The van der Waals surface area contributed by atoms with E-state index in [0.29, 0.717) is 12.0 Å². The van der Waals surface area contributed by atoms with Crippen LogP contribution in [0.5, 0.6) is 0 Å². The molecule has 3 nitrogen and oxygen atoms in total. The minimum atomic E-state index is -0.0347. The van der Waals surface area contributed by atoms with Crippen LogP contribution in [0.4, 0.5) is 0 Å². The summed E-state index contributed by atoms with van der Waals surface area (Å²) in [5, 5.41) is 0. The summed E-state index contributed by atoms with van der Waals surface area (Å²) in [5.41, 5.74) is 0. The Morgan fingerprint density at radius 2 is 2.27 bits per heavy atom. The molecule has 0 saturated carbocycles. The predicted octanol–water partition coefficient (Wildman–Crippen LogP) is 0.335. The molecule has 3 aliphatic heterocycles. The Morgan fingerprint density at radius 1 is 1.45 bits per heavy atom. The van der Waals surface area contributed by atoms with Gasteiger partial charge in [-0.1, -0.05) is 6.92 Å². The van der Waals surface area contributed by atoms with Crippen LogP contribution in [0.25, 0.3) is 0 Å². The number of esters is 1. The first-order valence-corrected chi connectivity index (χ1v) is 4.13. The lowest BCUT2D eigenvalue weighted by Gasteiger charge is -2.15. The van der Waals surface area contributed by atoms with Gasteiger partial charge in [0, 0.05) is 6.42 Å². The minimum Gasteiger partial charge on any atom is -0.459 e. The second-order valence-corrected chi connectivity index (χ2v) is 3.74. The van der Waals surface area contributed by atoms with E-state index in [-0.39, 0.29) is 24.1 Å². The molecule has 3 fully saturated rings. The first-order chi connectivity index (χ1) is 5.27. The highest BCUT2D eigenvalue weighted by molar-refractivity contribution is 5.77. The minimum absolute atomic E-state index is 0.0347. The van der Waals surface area contributed by atoms with E-state index in [1.54, 1.807) is 0 Å². The molecule has 0 aromatic carbocycles. The number of ether oxygens (including phenoxy) is 2. The van der Waals surface area contributed by atoms with E-state index in [1.165, 1.54) is 0 Å². The van der Waals surface area contributed by atoms with Crippen molar-refractivity contribution < 1.29 is 14.3 Å². The fourth-order valence-corrected chi connectivity index (χ4v) is 2.58. The fourth-order valence-electron chi connectivity index (χ4n) is 2.58. The third-order valence-corrected chi connectivity index (χ3v) is 3.21. The van der Waals surface area contributed by atoms with Crippen LogP contribution in [0.3, 0.4) is 0 Å². The molecule has 3 heterocycles. The summed E-state index contributed by atoms with van der Waals surface area (Å²) in [4.78, 5) is 11.2. The maximum atomic E-state index is 11.2. The number of hydrogen-bond acceptors (Lipinski definition) is 3. The molecule has 0 amide bonds. The van der Waals surface area contributed by atoms with Gasteiger partial charge in [0.1, 0.15) is 12.2 Å². The van der Waals surface area contributed by atoms with E-state index < -0.39 is 0 Å². The summed E-state index contributed by atoms with van der Waals surface area (Å²) in [7, 11) is 0. The van der Waals surface area contributed by atoms with Gasteiger partial charge in [0.2, 0.25) is 0 Å². The summed E-state index contributed by atoms with van der Waals surface area (Å²) in [6.07, 6.45) is 1.41. The summed E-state index contributed by atoms with van der Waals surface area (Å²) in [5.74, 6) is 0.400. The second kappa shape index (κ2) is 1.61. The number of carbonyl (C=O) groups excluding carboxylic acids is 1. The smallest absolute Gasteiger partial charge is 0.312 e. The molecule has 0 spiro atoms. The molecule has 0 aromatic rings. The van der Waals surface area contributed by atoms with Gasteiger partial charge in [0.25, 0.3) is 0 Å². The molecule has 3 saturated heterocycles. The van der Waals surface area contributed by atoms with E-state index in [4.69, 9.17) is 9.47 Å². The third kappa shape index (κ3) is 0.527. The van der Waals surface area contributed by atoms with Gasteiger partial charge in [-0.15, -0.1) is 0 Å². The quantitative estimate of drug-likeness (QED) is 0.472. The van der Waals surface area contributed by atoms with Gasteiger partial charge in [0.05, 0.1) is 12.0 Å². The normalized spacial score (nSPS) is 58.6. The SMILES string of the molecule is C[C@H]1C2CC3OC(=O)C1C3O2. The second-order valence-electron chi connectivity index (χ2n) is 3.74. The molecule has 0 aromatic heterocycles. The zero-order valence-electron chi connectivity index (χ0n) is 6.32. The van der Waals surface area contributed by atoms with Gasteiger partial charge < -0.3 is 9.47 Å². The summed E-state index contributed by atoms with van der Waals surface area (Å²) >= 11 is 0. The molecule has 3 heteroatoms. The lowest BCUT2D eigenvalue weighted by molar-refractivity contribution is -0.144. The third-order valence-electron chi connectivity index (χ3n) is 3.21. The van der Waals surface area contributed by atoms with Gasteiger partial charge in [-0.25, -0.2) is 0 Å². The maximum Gasteiger partial charge on any atom is 0.312 e. The molecule has 11 heavy (non-hydrogen) atoms. The molecule has 60 valence electrons. The number of rotatable bonds is 0. The Kier molecular flexibility index (Phi) is 0.876. The Hall–Kier alpha value is -0.570. The Balaban J connectivity index is 2.05. The maximum absolute atomic E-state index is 11.2. The van der Waals surface area contributed by atoms with Crippen molar-refractivity contribution in [1.29, 1.82) is 0 Å². The lowest BCUT2D eigenvalue weighted by atomic mass is 9.81. The molecule has 0 N–H and O–H groups in total. The average molecular weight is 154 g/mol. The first kappa shape index (κ1) is 6.00. The van der Waals surface area contributed by atoms with Crippen molar-refractivity contribution in [3.8, 4) is 0 Å². The Bertz CT molecular complexity index is 223. The van der Waals surface area contributed by atoms with Gasteiger partial charge >= 0.3 is 5.97 Å². The highest BCUT2D eigenvalue weighted by Crippen LogP contribution is 2.49. The molecular formula is C8H10O3. The topological polar surface area (TPSA) is 35.5 Å². The van der Waals surface area contributed by atoms with E-state index in [0.717, 1.165) is 6.42 Å². The van der Waals surface area contributed by atoms with Crippen LogP contribution in [0.1, 0.15) is 13.3 Å². The Labute approximate surface area is 64.7 Å². The van der Waals surface area contributed by atoms with Crippen molar-refractivity contribution >= 4 is 5.97 Å². The predicted molar refractivity (Wildman–Crippen MR) is 35.8 cm³/mol. The molecule has 3 aliphatic rings. The molecule has 0 radical (unpaired) electrons. The summed E-state index contributed by atoms with van der Waals surface area (Å²) in [6, 6.07) is 0. The zero-order valence-corrected chi connectivity index (χ0v) is 6.32. The summed E-state index contributed by atoms with van der Waals surface area (Å²) in [6.45, 7) is 2.08. The molecular weight excluding hydrogens is 144 g/mol. The lowest BCUT2D eigenvalue weighted by Crippen LogP contribution is -2.29. The van der Waals surface area contributed by atoms with E-state index >= 15 is 0 Å². The molecule has 3 rings (SSSR count). The standard InChI is InChI=1S/C8H10O3/c1-3-4-2-5-7(10-4)6(3)8(9)11-5/h3-7H,2H2,1H3/t3-,4?,5?,6?,7?/m0/s1. The van der Waals surface area contributed by atoms with Crippen LogP contribution in [0, 0.1) is 11.8 Å². The van der Waals surface area contributed by atoms with Crippen molar-refractivity contribution in [2.75, 3.05) is 0 Å². The number of carbonyl (C=O) groups is 1. The molecule has 5 atom stereocenters. The van der Waals surface area contributed by atoms with Crippen LogP contribution in [0.2, 0.25) is 0 Å². The van der Waals surface area contributed by atoms with E-state index in [1.807, 2.05) is 0 Å². The van der Waals surface area contributed by atoms with Crippen molar-refractivity contribution in [1.82, 2.24) is 0 Å². The fraction of sp³-hybridized carbons (Fsp3) is 0.875. The largest absolute Gasteiger partial charge is 0.459 e. The van der Waals surface area contributed by atoms with Gasteiger partial charge in [-0.2, -0.15) is 0 Å². The van der Waals surface area contributed by atoms with Gasteiger partial charge in [0.15, 0.2) is 0 Å². The number of hydrogen-bond donors (Lipinski definition) is 0. The molecule has 0 aliphatic carbocycles. The van der Waals surface area contributed by atoms with Crippen LogP contribution >= 0.6 is 0 Å². The molecule has 4 unspecified atom stereocenters. The molecule has 2 bridgehead atoms. The number of fused-ring (bicyclic) bond motifs is 1.